The van der Waals surface area contributed by atoms with Crippen LogP contribution in [-0.4, -0.2) is 11.8 Å². The van der Waals surface area contributed by atoms with Crippen molar-refractivity contribution in [1.82, 2.24) is 0 Å². The minimum absolute atomic E-state index is 0.0159. The summed E-state index contributed by atoms with van der Waals surface area (Å²) in [7, 11) is 0. The average Bonchev–Trinajstić information content (AvgIpc) is 2.28. The number of nitrogens with two attached hydrogens (primary N) is 1. The Morgan fingerprint density at radius 3 is 2.29 bits per heavy atom. The van der Waals surface area contributed by atoms with E-state index in [0.717, 1.165) is 18.4 Å². The van der Waals surface area contributed by atoms with Crippen LogP contribution in [0.5, 0.6) is 0 Å². The Bertz CT molecular complexity index is 354. The zero-order chi connectivity index (χ0) is 12.8. The molecule has 0 saturated heterocycles. The van der Waals surface area contributed by atoms with Gasteiger partial charge in [-0.05, 0) is 24.3 Å². The average molecular weight is 233 g/mol. The first-order valence-corrected chi connectivity index (χ1v) is 6.40. The van der Waals surface area contributed by atoms with E-state index in [0.29, 0.717) is 12.3 Å². The number of benzene rings is 1. The van der Waals surface area contributed by atoms with E-state index in [2.05, 4.69) is 13.8 Å². The maximum Gasteiger partial charge on any atom is 0.164 e. The molecule has 1 rings (SSSR count). The number of ketones is 1. The van der Waals surface area contributed by atoms with Crippen molar-refractivity contribution in [3.63, 3.8) is 0 Å². The van der Waals surface area contributed by atoms with Crippen molar-refractivity contribution >= 4 is 5.78 Å². The normalized spacial score (nSPS) is 12.8. The Morgan fingerprint density at radius 2 is 1.82 bits per heavy atom. The van der Waals surface area contributed by atoms with Crippen LogP contribution in [0.4, 0.5) is 0 Å². The minimum atomic E-state index is -0.0159. The molecule has 2 heteroatoms. The molecular formula is C15H23NO. The topological polar surface area (TPSA) is 43.1 Å². The van der Waals surface area contributed by atoms with Gasteiger partial charge in [0.2, 0.25) is 0 Å². The summed E-state index contributed by atoms with van der Waals surface area (Å²) < 4.78 is 0. The first-order valence-electron chi connectivity index (χ1n) is 6.40. The summed E-state index contributed by atoms with van der Waals surface area (Å²) in [4.78, 5) is 11.9. The van der Waals surface area contributed by atoms with Crippen molar-refractivity contribution in [1.29, 1.82) is 0 Å². The Morgan fingerprint density at radius 1 is 1.24 bits per heavy atom. The van der Waals surface area contributed by atoms with Crippen LogP contribution in [0.25, 0.3) is 0 Å². The second kappa shape index (κ2) is 6.55. The number of hydrogen-bond acceptors (Lipinski definition) is 2. The van der Waals surface area contributed by atoms with Gasteiger partial charge in [-0.25, -0.2) is 0 Å². The van der Waals surface area contributed by atoms with E-state index in [-0.39, 0.29) is 11.8 Å². The lowest BCUT2D eigenvalue weighted by atomic mass is 9.98. The second-order valence-corrected chi connectivity index (χ2v) is 5.09. The van der Waals surface area contributed by atoms with Crippen molar-refractivity contribution in [2.24, 2.45) is 11.7 Å². The molecule has 0 aliphatic rings. The summed E-state index contributed by atoms with van der Waals surface area (Å²) in [5.41, 5.74) is 7.85. The summed E-state index contributed by atoms with van der Waals surface area (Å²) in [6.45, 7) is 6.39. The third-order valence-electron chi connectivity index (χ3n) is 2.89. The molecule has 1 aromatic rings. The highest BCUT2D eigenvalue weighted by atomic mass is 16.1. The Hall–Kier alpha value is -1.15. The molecule has 1 aromatic carbocycles. The van der Waals surface area contributed by atoms with E-state index in [1.165, 1.54) is 5.56 Å². The monoisotopic (exact) mass is 233 g/mol. The first kappa shape index (κ1) is 13.9. The van der Waals surface area contributed by atoms with Crippen LogP contribution in [0, 0.1) is 5.92 Å². The molecule has 0 aliphatic carbocycles. The molecule has 0 heterocycles. The maximum absolute atomic E-state index is 11.9. The number of carbonyl (C=O) groups is 1. The molecule has 94 valence electrons. The third-order valence-corrected chi connectivity index (χ3v) is 2.89. The van der Waals surface area contributed by atoms with Crippen molar-refractivity contribution < 1.29 is 4.79 Å². The van der Waals surface area contributed by atoms with E-state index < -0.39 is 0 Å². The van der Waals surface area contributed by atoms with Crippen LogP contribution >= 0.6 is 0 Å². The number of hydrogen-bond donors (Lipinski definition) is 1. The van der Waals surface area contributed by atoms with Crippen molar-refractivity contribution in [3.05, 3.63) is 35.4 Å². The van der Waals surface area contributed by atoms with E-state index in [1.807, 2.05) is 31.2 Å². The molecule has 0 saturated carbocycles. The predicted octanol–water partition coefficient (Wildman–Crippen LogP) is 3.20. The van der Waals surface area contributed by atoms with Crippen molar-refractivity contribution in [2.45, 2.75) is 46.1 Å². The summed E-state index contributed by atoms with van der Waals surface area (Å²) in [5, 5.41) is 0. The molecule has 17 heavy (non-hydrogen) atoms. The molecule has 1 atom stereocenters. The third kappa shape index (κ3) is 4.70. The fraction of sp³-hybridized carbons (Fsp3) is 0.533. The quantitative estimate of drug-likeness (QED) is 0.767. The molecule has 1 unspecified atom stereocenters. The largest absolute Gasteiger partial charge is 0.327 e. The van der Waals surface area contributed by atoms with Gasteiger partial charge >= 0.3 is 0 Å². The van der Waals surface area contributed by atoms with Gasteiger partial charge in [-0.15, -0.1) is 0 Å². The molecule has 0 aliphatic heterocycles. The lowest BCUT2D eigenvalue weighted by Crippen LogP contribution is -2.22. The number of Topliss-reactive ketones (excluding diaryl/α,β-unsaturated/α-hetero) is 1. The second-order valence-electron chi connectivity index (χ2n) is 5.09. The van der Waals surface area contributed by atoms with Gasteiger partial charge in [-0.1, -0.05) is 45.0 Å². The summed E-state index contributed by atoms with van der Waals surface area (Å²) in [6.07, 6.45) is 2.35. The molecule has 2 nitrogen and oxygen atoms in total. The molecule has 2 N–H and O–H groups in total. The van der Waals surface area contributed by atoms with Crippen LogP contribution in [0.3, 0.4) is 0 Å². The molecule has 0 fully saturated rings. The summed E-state index contributed by atoms with van der Waals surface area (Å²) in [5.74, 6) is 0.792. The van der Waals surface area contributed by atoms with Gasteiger partial charge in [0, 0.05) is 18.0 Å². The van der Waals surface area contributed by atoms with Gasteiger partial charge in [0.1, 0.15) is 0 Å². The van der Waals surface area contributed by atoms with Gasteiger partial charge < -0.3 is 5.73 Å². The molecule has 0 radical (unpaired) electrons. The van der Waals surface area contributed by atoms with Gasteiger partial charge in [0.05, 0.1) is 0 Å². The van der Waals surface area contributed by atoms with E-state index in [9.17, 15) is 4.79 Å². The highest BCUT2D eigenvalue weighted by molar-refractivity contribution is 5.96. The zero-order valence-electron chi connectivity index (χ0n) is 11.1. The van der Waals surface area contributed by atoms with E-state index >= 15 is 0 Å². The van der Waals surface area contributed by atoms with Gasteiger partial charge in [-0.3, -0.25) is 4.79 Å². The smallest absolute Gasteiger partial charge is 0.164 e. The molecule has 0 amide bonds. The van der Waals surface area contributed by atoms with Crippen molar-refractivity contribution in [3.8, 4) is 0 Å². The zero-order valence-corrected chi connectivity index (χ0v) is 11.1. The Balaban J connectivity index is 2.64. The predicted molar refractivity (Wildman–Crippen MR) is 72.2 cm³/mol. The Kier molecular flexibility index (Phi) is 5.36. The van der Waals surface area contributed by atoms with Crippen LogP contribution in [0.1, 0.15) is 49.5 Å². The Labute approximate surface area is 104 Å². The first-order chi connectivity index (χ1) is 8.02. The van der Waals surface area contributed by atoms with Crippen LogP contribution in [0.15, 0.2) is 24.3 Å². The minimum Gasteiger partial charge on any atom is -0.327 e. The van der Waals surface area contributed by atoms with Gasteiger partial charge in [-0.2, -0.15) is 0 Å². The number of rotatable bonds is 6. The molecule has 0 aromatic heterocycles. The SMILES string of the molecule is CCC(N)CC(=O)c1ccc(CC(C)C)cc1. The standard InChI is InChI=1S/C15H23NO/c1-4-14(16)10-15(17)13-7-5-12(6-8-13)9-11(2)3/h5-8,11,14H,4,9-10,16H2,1-3H3. The summed E-state index contributed by atoms with van der Waals surface area (Å²) in [6, 6.07) is 7.91. The van der Waals surface area contributed by atoms with Crippen LogP contribution < -0.4 is 5.73 Å². The molecular weight excluding hydrogens is 210 g/mol. The molecule has 0 bridgehead atoms. The fourth-order valence-corrected chi connectivity index (χ4v) is 1.80. The fourth-order valence-electron chi connectivity index (χ4n) is 1.80. The van der Waals surface area contributed by atoms with Crippen LogP contribution in [-0.2, 0) is 6.42 Å². The van der Waals surface area contributed by atoms with E-state index in [4.69, 9.17) is 5.73 Å². The maximum atomic E-state index is 11.9. The number of carbonyl (C=O) groups excluding carboxylic acids is 1. The van der Waals surface area contributed by atoms with Gasteiger partial charge in [0.15, 0.2) is 5.78 Å². The molecule has 0 spiro atoms. The van der Waals surface area contributed by atoms with Gasteiger partial charge in [0.25, 0.3) is 0 Å². The van der Waals surface area contributed by atoms with Crippen LogP contribution in [0.2, 0.25) is 0 Å². The highest BCUT2D eigenvalue weighted by Crippen LogP contribution is 2.12. The highest BCUT2D eigenvalue weighted by Gasteiger charge is 2.10. The van der Waals surface area contributed by atoms with E-state index in [1.54, 1.807) is 0 Å². The lowest BCUT2D eigenvalue weighted by molar-refractivity contribution is 0.0974. The van der Waals surface area contributed by atoms with Crippen molar-refractivity contribution in [2.75, 3.05) is 0 Å². The summed E-state index contributed by atoms with van der Waals surface area (Å²) >= 11 is 0. The lowest BCUT2D eigenvalue weighted by Gasteiger charge is -2.09.